The highest BCUT2D eigenvalue weighted by Gasteiger charge is 2.11. The van der Waals surface area contributed by atoms with Gasteiger partial charge in [-0.2, -0.15) is 0 Å². The number of hydrogen-bond acceptors (Lipinski definition) is 2. The first kappa shape index (κ1) is 14.2. The number of halogens is 2. The number of aryl methyl sites for hydroxylation is 1. The minimum absolute atomic E-state index is 0.341. The first-order valence-electron chi connectivity index (χ1n) is 6.07. The van der Waals surface area contributed by atoms with Crippen LogP contribution in [0.1, 0.15) is 30.9 Å². The molecule has 100 valence electrons. The Morgan fingerprint density at radius 1 is 1.16 bits per heavy atom. The topological polar surface area (TPSA) is 22.1 Å². The van der Waals surface area contributed by atoms with Crippen molar-refractivity contribution in [3.63, 3.8) is 0 Å². The van der Waals surface area contributed by atoms with E-state index in [4.69, 9.17) is 27.9 Å². The van der Waals surface area contributed by atoms with Gasteiger partial charge in [-0.3, -0.25) is 0 Å². The molecule has 0 aliphatic rings. The fraction of sp³-hybridized carbons (Fsp3) is 0.267. The number of aromatic nitrogens is 1. The molecule has 1 aromatic heterocycles. The number of rotatable bonds is 3. The molecule has 0 N–H and O–H groups in total. The third-order valence-corrected chi connectivity index (χ3v) is 3.38. The maximum Gasteiger partial charge on any atom is 0.219 e. The van der Waals surface area contributed by atoms with Gasteiger partial charge in [0.1, 0.15) is 5.75 Å². The molecular weight excluding hydrogens is 281 g/mol. The Balaban J connectivity index is 2.34. The van der Waals surface area contributed by atoms with E-state index in [-0.39, 0.29) is 0 Å². The van der Waals surface area contributed by atoms with E-state index in [9.17, 15) is 0 Å². The smallest absolute Gasteiger partial charge is 0.219 e. The third kappa shape index (κ3) is 3.40. The average Bonchev–Trinajstić information content (AvgIpc) is 2.34. The lowest BCUT2D eigenvalue weighted by Gasteiger charge is -2.14. The van der Waals surface area contributed by atoms with Gasteiger partial charge in [-0.1, -0.05) is 37.0 Å². The molecule has 19 heavy (non-hydrogen) atoms. The summed E-state index contributed by atoms with van der Waals surface area (Å²) in [6.07, 6.45) is 1.56. The Bertz CT molecular complexity index is 579. The Labute approximate surface area is 123 Å². The van der Waals surface area contributed by atoms with E-state index >= 15 is 0 Å². The lowest BCUT2D eigenvalue weighted by molar-refractivity contribution is 0.458. The molecule has 2 rings (SSSR count). The molecule has 1 heterocycles. The van der Waals surface area contributed by atoms with Crippen molar-refractivity contribution >= 4 is 23.2 Å². The standard InChI is InChI=1S/C15H15Cl2NO/c1-9(2)12-7-14(10(3)6-13(12)17)19-15-5-4-11(16)8-18-15/h4-9H,1-3H3. The van der Waals surface area contributed by atoms with Crippen molar-refractivity contribution in [1.29, 1.82) is 0 Å². The van der Waals surface area contributed by atoms with Gasteiger partial charge >= 0.3 is 0 Å². The molecule has 0 aliphatic heterocycles. The van der Waals surface area contributed by atoms with Gasteiger partial charge in [-0.05, 0) is 42.2 Å². The highest BCUT2D eigenvalue weighted by Crippen LogP contribution is 2.33. The predicted octanol–water partition coefficient (Wildman–Crippen LogP) is 5.61. The van der Waals surface area contributed by atoms with Gasteiger partial charge in [0.15, 0.2) is 0 Å². The van der Waals surface area contributed by atoms with E-state index in [1.807, 2.05) is 19.1 Å². The minimum atomic E-state index is 0.341. The summed E-state index contributed by atoms with van der Waals surface area (Å²) in [5.74, 6) is 1.63. The van der Waals surface area contributed by atoms with Gasteiger partial charge in [-0.15, -0.1) is 0 Å². The quantitative estimate of drug-likeness (QED) is 0.734. The number of hydrogen-bond donors (Lipinski definition) is 0. The van der Waals surface area contributed by atoms with Crippen LogP contribution in [-0.2, 0) is 0 Å². The van der Waals surface area contributed by atoms with E-state index < -0.39 is 0 Å². The van der Waals surface area contributed by atoms with Crippen molar-refractivity contribution in [2.75, 3.05) is 0 Å². The van der Waals surface area contributed by atoms with E-state index in [1.165, 1.54) is 0 Å². The molecule has 2 aromatic rings. The number of benzene rings is 1. The average molecular weight is 296 g/mol. The lowest BCUT2D eigenvalue weighted by Crippen LogP contribution is -1.95. The summed E-state index contributed by atoms with van der Waals surface area (Å²) in [5.41, 5.74) is 2.04. The molecule has 1 aromatic carbocycles. The Hall–Kier alpha value is -1.25. The maximum absolute atomic E-state index is 6.23. The molecule has 0 aliphatic carbocycles. The SMILES string of the molecule is Cc1cc(Cl)c(C(C)C)cc1Oc1ccc(Cl)cn1. The van der Waals surface area contributed by atoms with Gasteiger partial charge in [0.2, 0.25) is 5.88 Å². The van der Waals surface area contributed by atoms with Crippen molar-refractivity contribution in [2.45, 2.75) is 26.7 Å². The van der Waals surface area contributed by atoms with Crippen LogP contribution < -0.4 is 4.74 Å². The summed E-state index contributed by atoms with van der Waals surface area (Å²) >= 11 is 12.0. The highest BCUT2D eigenvalue weighted by molar-refractivity contribution is 6.31. The molecule has 0 spiro atoms. The summed E-state index contributed by atoms with van der Waals surface area (Å²) in [4.78, 5) is 4.12. The van der Waals surface area contributed by atoms with Crippen molar-refractivity contribution in [1.82, 2.24) is 4.98 Å². The fourth-order valence-corrected chi connectivity index (χ4v) is 2.30. The van der Waals surface area contributed by atoms with Crippen LogP contribution in [0.25, 0.3) is 0 Å². The van der Waals surface area contributed by atoms with Crippen molar-refractivity contribution in [3.05, 3.63) is 51.6 Å². The van der Waals surface area contributed by atoms with Crippen molar-refractivity contribution < 1.29 is 4.74 Å². The zero-order valence-corrected chi connectivity index (χ0v) is 12.6. The molecular formula is C15H15Cl2NO. The summed E-state index contributed by atoms with van der Waals surface area (Å²) in [6.45, 7) is 6.16. The zero-order chi connectivity index (χ0) is 14.0. The highest BCUT2D eigenvalue weighted by atomic mass is 35.5. The molecule has 4 heteroatoms. The van der Waals surface area contributed by atoms with Crippen molar-refractivity contribution in [3.8, 4) is 11.6 Å². The maximum atomic E-state index is 6.23. The second kappa shape index (κ2) is 5.81. The largest absolute Gasteiger partial charge is 0.439 e. The molecule has 0 fully saturated rings. The second-order valence-electron chi connectivity index (χ2n) is 4.71. The molecule has 0 bridgehead atoms. The van der Waals surface area contributed by atoms with Crippen LogP contribution in [0.15, 0.2) is 30.5 Å². The van der Waals surface area contributed by atoms with Crippen LogP contribution in [0, 0.1) is 6.92 Å². The van der Waals surface area contributed by atoms with Gasteiger partial charge < -0.3 is 4.74 Å². The van der Waals surface area contributed by atoms with Crippen LogP contribution in [0.2, 0.25) is 10.0 Å². The van der Waals surface area contributed by atoms with E-state index in [2.05, 4.69) is 18.8 Å². The minimum Gasteiger partial charge on any atom is -0.439 e. The molecule has 0 unspecified atom stereocenters. The van der Waals surface area contributed by atoms with Gasteiger partial charge in [0.25, 0.3) is 0 Å². The summed E-state index contributed by atoms with van der Waals surface area (Å²) in [7, 11) is 0. The molecule has 0 amide bonds. The van der Waals surface area contributed by atoms with Crippen LogP contribution in [0.3, 0.4) is 0 Å². The summed E-state index contributed by atoms with van der Waals surface area (Å²) < 4.78 is 5.78. The first-order chi connectivity index (χ1) is 8.97. The fourth-order valence-electron chi connectivity index (χ4n) is 1.76. The normalized spacial score (nSPS) is 10.8. The Morgan fingerprint density at radius 3 is 2.47 bits per heavy atom. The molecule has 0 atom stereocenters. The third-order valence-electron chi connectivity index (χ3n) is 2.83. The Kier molecular flexibility index (Phi) is 4.33. The van der Waals surface area contributed by atoms with E-state index in [1.54, 1.807) is 18.3 Å². The van der Waals surface area contributed by atoms with E-state index in [0.29, 0.717) is 16.8 Å². The first-order valence-corrected chi connectivity index (χ1v) is 6.82. The Morgan fingerprint density at radius 2 is 1.89 bits per heavy atom. The summed E-state index contributed by atoms with van der Waals surface area (Å²) in [6, 6.07) is 7.38. The lowest BCUT2D eigenvalue weighted by atomic mass is 10.0. The van der Waals surface area contributed by atoms with Crippen molar-refractivity contribution in [2.24, 2.45) is 0 Å². The van der Waals surface area contributed by atoms with Crippen LogP contribution in [0.5, 0.6) is 11.6 Å². The number of pyridine rings is 1. The molecule has 0 saturated carbocycles. The monoisotopic (exact) mass is 295 g/mol. The molecule has 2 nitrogen and oxygen atoms in total. The van der Waals surface area contributed by atoms with Crippen LogP contribution in [-0.4, -0.2) is 4.98 Å². The van der Waals surface area contributed by atoms with Crippen LogP contribution >= 0.6 is 23.2 Å². The predicted molar refractivity (Wildman–Crippen MR) is 79.6 cm³/mol. The molecule has 0 radical (unpaired) electrons. The zero-order valence-electron chi connectivity index (χ0n) is 11.1. The summed E-state index contributed by atoms with van der Waals surface area (Å²) in [5, 5.41) is 1.35. The van der Waals surface area contributed by atoms with Gasteiger partial charge in [0.05, 0.1) is 5.02 Å². The van der Waals surface area contributed by atoms with Gasteiger partial charge in [-0.25, -0.2) is 4.98 Å². The van der Waals surface area contributed by atoms with E-state index in [0.717, 1.165) is 21.9 Å². The van der Waals surface area contributed by atoms with Gasteiger partial charge in [0, 0.05) is 17.3 Å². The second-order valence-corrected chi connectivity index (χ2v) is 5.55. The van der Waals surface area contributed by atoms with Crippen LogP contribution in [0.4, 0.5) is 0 Å². The molecule has 0 saturated heterocycles. The number of nitrogens with zero attached hydrogens (tertiary/aromatic N) is 1. The number of ether oxygens (including phenoxy) is 1.